The van der Waals surface area contributed by atoms with E-state index in [0.717, 1.165) is 55.1 Å². The van der Waals surface area contributed by atoms with E-state index in [4.69, 9.17) is 4.98 Å². The fourth-order valence-electron chi connectivity index (χ4n) is 4.37. The smallest absolute Gasteiger partial charge is 0.123 e. The van der Waals surface area contributed by atoms with Crippen LogP contribution in [0.2, 0.25) is 0 Å². The van der Waals surface area contributed by atoms with Gasteiger partial charge in [-0.2, -0.15) is 5.10 Å². The second kappa shape index (κ2) is 8.46. The number of benzene rings is 1. The summed E-state index contributed by atoms with van der Waals surface area (Å²) in [7, 11) is 0. The summed E-state index contributed by atoms with van der Waals surface area (Å²) in [4.78, 5) is 7.40. The fourth-order valence-corrected chi connectivity index (χ4v) is 4.37. The van der Waals surface area contributed by atoms with Gasteiger partial charge in [0.2, 0.25) is 0 Å². The van der Waals surface area contributed by atoms with Gasteiger partial charge in [-0.3, -0.25) is 14.6 Å². The van der Waals surface area contributed by atoms with Gasteiger partial charge in [0.15, 0.2) is 0 Å². The quantitative estimate of drug-likeness (QED) is 0.593. The van der Waals surface area contributed by atoms with Crippen LogP contribution < -0.4 is 0 Å². The molecule has 4 rings (SSSR count). The molecule has 4 nitrogen and oxygen atoms in total. The molecule has 0 bridgehead atoms. The molecule has 1 atom stereocenters. The molecule has 0 aliphatic carbocycles. The highest BCUT2D eigenvalue weighted by Crippen LogP contribution is 2.33. The zero-order chi connectivity index (χ0) is 20.4. The van der Waals surface area contributed by atoms with Crippen molar-refractivity contribution in [3.05, 3.63) is 82.2 Å². The van der Waals surface area contributed by atoms with Crippen molar-refractivity contribution in [1.29, 1.82) is 0 Å². The number of hydrogen-bond donors (Lipinski definition) is 0. The van der Waals surface area contributed by atoms with Gasteiger partial charge in [-0.25, -0.2) is 4.39 Å². The SMILES string of the molecule is CCn1cc(CN2CCC[C@H]2c2cc(Cc3cccc(F)c3)cc(C)n2)c(C)n1. The Morgan fingerprint density at radius 1 is 1.14 bits per heavy atom. The molecule has 1 aliphatic heterocycles. The van der Waals surface area contributed by atoms with Gasteiger partial charge in [-0.15, -0.1) is 0 Å². The minimum atomic E-state index is -0.182. The highest BCUT2D eigenvalue weighted by molar-refractivity contribution is 5.30. The highest BCUT2D eigenvalue weighted by Gasteiger charge is 2.28. The lowest BCUT2D eigenvalue weighted by Gasteiger charge is -2.24. The summed E-state index contributed by atoms with van der Waals surface area (Å²) in [5.74, 6) is -0.182. The van der Waals surface area contributed by atoms with Crippen LogP contribution in [0.5, 0.6) is 0 Å². The van der Waals surface area contributed by atoms with Gasteiger partial charge < -0.3 is 0 Å². The van der Waals surface area contributed by atoms with Gasteiger partial charge in [-0.05, 0) is 82.0 Å². The molecule has 0 spiro atoms. The average Bonchev–Trinajstić information content (AvgIpc) is 3.28. The lowest BCUT2D eigenvalue weighted by Crippen LogP contribution is -2.24. The molecule has 5 heteroatoms. The number of hydrogen-bond acceptors (Lipinski definition) is 3. The maximum Gasteiger partial charge on any atom is 0.123 e. The summed E-state index contributed by atoms with van der Waals surface area (Å²) in [6.45, 7) is 9.14. The third-order valence-corrected chi connectivity index (χ3v) is 5.78. The average molecular weight is 393 g/mol. The van der Waals surface area contributed by atoms with Gasteiger partial charge in [0.25, 0.3) is 0 Å². The van der Waals surface area contributed by atoms with Crippen molar-refractivity contribution in [1.82, 2.24) is 19.7 Å². The first kappa shape index (κ1) is 19.8. The van der Waals surface area contributed by atoms with E-state index < -0.39 is 0 Å². The summed E-state index contributed by atoms with van der Waals surface area (Å²) in [6.07, 6.45) is 5.20. The first-order valence-corrected chi connectivity index (χ1v) is 10.5. The fraction of sp³-hybridized carbons (Fsp3) is 0.417. The lowest BCUT2D eigenvalue weighted by atomic mass is 10.0. The third kappa shape index (κ3) is 4.56. The molecule has 2 aromatic heterocycles. The summed E-state index contributed by atoms with van der Waals surface area (Å²) >= 11 is 0. The Morgan fingerprint density at radius 3 is 2.76 bits per heavy atom. The molecule has 1 aliphatic rings. The molecule has 29 heavy (non-hydrogen) atoms. The molecule has 0 N–H and O–H groups in total. The van der Waals surface area contributed by atoms with Crippen LogP contribution in [0.15, 0.2) is 42.6 Å². The molecule has 0 saturated carbocycles. The molecule has 0 amide bonds. The standard InChI is InChI=1S/C24H29FN4/c1-4-29-16-21(18(3)27-29)15-28-10-6-9-24(28)23-14-20(11-17(2)26-23)12-19-7-5-8-22(25)13-19/h5,7-8,11,13-14,16,24H,4,6,9-10,12,15H2,1-3H3/t24-/m0/s1. The van der Waals surface area contributed by atoms with Gasteiger partial charge in [0.05, 0.1) is 17.4 Å². The van der Waals surface area contributed by atoms with Crippen molar-refractivity contribution in [2.75, 3.05) is 6.54 Å². The van der Waals surface area contributed by atoms with Crippen molar-refractivity contribution in [2.24, 2.45) is 0 Å². The lowest BCUT2D eigenvalue weighted by molar-refractivity contribution is 0.243. The Kier molecular flexibility index (Phi) is 5.76. The topological polar surface area (TPSA) is 34.0 Å². The predicted molar refractivity (Wildman–Crippen MR) is 113 cm³/mol. The van der Waals surface area contributed by atoms with Gasteiger partial charge in [0.1, 0.15) is 5.82 Å². The third-order valence-electron chi connectivity index (χ3n) is 5.78. The van der Waals surface area contributed by atoms with Crippen LogP contribution >= 0.6 is 0 Å². The molecule has 152 valence electrons. The zero-order valence-corrected chi connectivity index (χ0v) is 17.5. The number of rotatable bonds is 6. The van der Waals surface area contributed by atoms with Gasteiger partial charge >= 0.3 is 0 Å². The summed E-state index contributed by atoms with van der Waals surface area (Å²) in [5, 5.41) is 4.59. The number of aromatic nitrogens is 3. The van der Waals surface area contributed by atoms with Crippen LogP contribution in [-0.2, 0) is 19.5 Å². The Bertz CT molecular complexity index is 994. The molecule has 0 radical (unpaired) electrons. The van der Waals surface area contributed by atoms with Gasteiger partial charge in [0, 0.05) is 30.5 Å². The van der Waals surface area contributed by atoms with E-state index in [1.165, 1.54) is 23.6 Å². The number of likely N-dealkylation sites (tertiary alicyclic amines) is 1. The molecule has 3 aromatic rings. The summed E-state index contributed by atoms with van der Waals surface area (Å²) in [5.41, 5.74) is 6.76. The minimum absolute atomic E-state index is 0.182. The van der Waals surface area contributed by atoms with Crippen LogP contribution in [0.3, 0.4) is 0 Å². The Hall–Kier alpha value is -2.53. The monoisotopic (exact) mass is 392 g/mol. The van der Waals surface area contributed by atoms with Crippen molar-refractivity contribution < 1.29 is 4.39 Å². The van der Waals surface area contributed by atoms with Crippen molar-refractivity contribution in [2.45, 2.75) is 59.2 Å². The first-order chi connectivity index (χ1) is 14.0. The van der Waals surface area contributed by atoms with E-state index in [2.05, 4.69) is 42.2 Å². The van der Waals surface area contributed by atoms with E-state index in [9.17, 15) is 4.39 Å². The van der Waals surface area contributed by atoms with E-state index in [1.54, 1.807) is 12.1 Å². The van der Waals surface area contributed by atoms with Crippen LogP contribution in [0.25, 0.3) is 0 Å². The molecule has 0 unspecified atom stereocenters. The maximum absolute atomic E-state index is 13.6. The van der Waals surface area contributed by atoms with E-state index in [1.807, 2.05) is 17.7 Å². The molecule has 1 saturated heterocycles. The molecule has 1 aromatic carbocycles. The van der Waals surface area contributed by atoms with E-state index in [-0.39, 0.29) is 5.82 Å². The van der Waals surface area contributed by atoms with E-state index >= 15 is 0 Å². The normalized spacial score (nSPS) is 17.2. The van der Waals surface area contributed by atoms with Crippen LogP contribution in [0, 0.1) is 19.7 Å². The Morgan fingerprint density at radius 2 is 2.00 bits per heavy atom. The second-order valence-electron chi connectivity index (χ2n) is 8.07. The molecule has 3 heterocycles. The number of aryl methyl sites for hydroxylation is 3. The Labute approximate surface area is 172 Å². The van der Waals surface area contributed by atoms with Gasteiger partial charge in [-0.1, -0.05) is 12.1 Å². The van der Waals surface area contributed by atoms with E-state index in [0.29, 0.717) is 6.04 Å². The summed E-state index contributed by atoms with van der Waals surface area (Å²) in [6, 6.07) is 11.5. The number of nitrogens with zero attached hydrogens (tertiary/aromatic N) is 4. The number of halogens is 1. The van der Waals surface area contributed by atoms with Crippen LogP contribution in [0.4, 0.5) is 4.39 Å². The minimum Gasteiger partial charge on any atom is -0.290 e. The molecular formula is C24H29FN4. The first-order valence-electron chi connectivity index (χ1n) is 10.5. The van der Waals surface area contributed by atoms with Crippen molar-refractivity contribution >= 4 is 0 Å². The van der Waals surface area contributed by atoms with Crippen LogP contribution in [0.1, 0.15) is 59.6 Å². The molecule has 1 fully saturated rings. The highest BCUT2D eigenvalue weighted by atomic mass is 19.1. The predicted octanol–water partition coefficient (Wildman–Crippen LogP) is 4.98. The zero-order valence-electron chi connectivity index (χ0n) is 17.5. The largest absolute Gasteiger partial charge is 0.290 e. The maximum atomic E-state index is 13.6. The Balaban J connectivity index is 1.56. The van der Waals surface area contributed by atoms with Crippen molar-refractivity contribution in [3.63, 3.8) is 0 Å². The summed E-state index contributed by atoms with van der Waals surface area (Å²) < 4.78 is 15.6. The molecular weight excluding hydrogens is 363 g/mol. The van der Waals surface area contributed by atoms with Crippen LogP contribution in [-0.4, -0.2) is 26.2 Å². The number of pyridine rings is 1. The van der Waals surface area contributed by atoms with Crippen molar-refractivity contribution in [3.8, 4) is 0 Å². The second-order valence-corrected chi connectivity index (χ2v) is 8.07.